The molecule has 0 saturated heterocycles. The van der Waals surface area contributed by atoms with E-state index in [1.165, 1.54) is 16.7 Å². The first kappa shape index (κ1) is 18.7. The van der Waals surface area contributed by atoms with Crippen molar-refractivity contribution in [2.45, 2.75) is 46.5 Å². The lowest BCUT2D eigenvalue weighted by Gasteiger charge is -2.19. The molecule has 2 N–H and O–H groups in total. The van der Waals surface area contributed by atoms with Crippen molar-refractivity contribution < 1.29 is 0 Å². The maximum atomic E-state index is 6.03. The molecule has 0 saturated carbocycles. The molecule has 2 aromatic rings. The van der Waals surface area contributed by atoms with Crippen LogP contribution in [0, 0.1) is 6.92 Å². The van der Waals surface area contributed by atoms with E-state index in [0.29, 0.717) is 6.54 Å². The third-order valence-corrected chi connectivity index (χ3v) is 4.00. The molecule has 0 radical (unpaired) electrons. The van der Waals surface area contributed by atoms with E-state index in [0.717, 1.165) is 23.6 Å². The highest BCUT2D eigenvalue weighted by atomic mass is 35.5. The lowest BCUT2D eigenvalue weighted by molar-refractivity contribution is 0.672. The van der Waals surface area contributed by atoms with E-state index in [1.54, 1.807) is 0 Å². The summed E-state index contributed by atoms with van der Waals surface area (Å²) in [5, 5.41) is 0.772. The second kappa shape index (κ2) is 9.60. The molecular weight excluding hydrogens is 292 g/mol. The van der Waals surface area contributed by atoms with Gasteiger partial charge in [-0.05, 0) is 61.2 Å². The molecule has 0 bridgehead atoms. The zero-order valence-electron chi connectivity index (χ0n) is 14.1. The van der Waals surface area contributed by atoms with Crippen LogP contribution in [0.25, 0.3) is 0 Å². The third-order valence-electron chi connectivity index (χ3n) is 3.76. The summed E-state index contributed by atoms with van der Waals surface area (Å²) >= 11 is 6.03. The van der Waals surface area contributed by atoms with Gasteiger partial charge >= 0.3 is 0 Å². The molecule has 0 fully saturated rings. The Bertz CT molecular complexity index is 581. The van der Waals surface area contributed by atoms with Crippen molar-refractivity contribution in [2.75, 3.05) is 6.54 Å². The Hall–Kier alpha value is -1.38. The predicted octanol–water partition coefficient (Wildman–Crippen LogP) is 4.92. The number of nitrogens with two attached hydrogens (primary N) is 1. The second-order valence-electron chi connectivity index (χ2n) is 5.10. The summed E-state index contributed by atoms with van der Waals surface area (Å²) in [4.78, 5) is 4.53. The predicted molar refractivity (Wildman–Crippen MR) is 96.7 cm³/mol. The maximum Gasteiger partial charge on any atom is 0.0442 e. The monoisotopic (exact) mass is 318 g/mol. The molecule has 1 heterocycles. The van der Waals surface area contributed by atoms with E-state index in [1.807, 2.05) is 38.2 Å². The van der Waals surface area contributed by atoms with Crippen molar-refractivity contribution in [3.05, 3.63) is 63.9 Å². The van der Waals surface area contributed by atoms with Crippen LogP contribution in [0.5, 0.6) is 0 Å². The van der Waals surface area contributed by atoms with Crippen LogP contribution in [0.3, 0.4) is 0 Å². The normalized spacial score (nSPS) is 11.5. The Morgan fingerprint density at radius 3 is 2.55 bits per heavy atom. The molecular formula is C19H27ClN2. The summed E-state index contributed by atoms with van der Waals surface area (Å²) in [6.45, 7) is 8.86. The van der Waals surface area contributed by atoms with Crippen molar-refractivity contribution in [1.82, 2.24) is 4.98 Å². The number of aryl methyl sites for hydroxylation is 2. The van der Waals surface area contributed by atoms with Gasteiger partial charge in [-0.2, -0.15) is 0 Å². The number of hydrogen-bond donors (Lipinski definition) is 1. The fourth-order valence-corrected chi connectivity index (χ4v) is 2.85. The van der Waals surface area contributed by atoms with Gasteiger partial charge in [-0.3, -0.25) is 4.98 Å². The first-order chi connectivity index (χ1) is 10.7. The van der Waals surface area contributed by atoms with Crippen molar-refractivity contribution in [2.24, 2.45) is 5.73 Å². The van der Waals surface area contributed by atoms with E-state index >= 15 is 0 Å². The van der Waals surface area contributed by atoms with Crippen LogP contribution in [-0.2, 0) is 12.8 Å². The van der Waals surface area contributed by atoms with Gasteiger partial charge in [0.1, 0.15) is 0 Å². The van der Waals surface area contributed by atoms with Crippen LogP contribution >= 0.6 is 11.6 Å². The molecule has 3 heteroatoms. The van der Waals surface area contributed by atoms with Gasteiger partial charge in [0.05, 0.1) is 0 Å². The summed E-state index contributed by atoms with van der Waals surface area (Å²) in [6.07, 6.45) is 3.74. The van der Waals surface area contributed by atoms with Crippen molar-refractivity contribution in [3.63, 3.8) is 0 Å². The van der Waals surface area contributed by atoms with E-state index in [-0.39, 0.29) is 5.92 Å². The SMILES string of the molecule is CC.CCc1cccnc1C[C@@H](CN)c1ccc(Cl)cc1C. The molecule has 2 nitrogen and oxygen atoms in total. The van der Waals surface area contributed by atoms with Crippen LogP contribution in [0.4, 0.5) is 0 Å². The van der Waals surface area contributed by atoms with Crippen molar-refractivity contribution in [1.29, 1.82) is 0 Å². The number of rotatable bonds is 5. The highest BCUT2D eigenvalue weighted by Crippen LogP contribution is 2.26. The second-order valence-corrected chi connectivity index (χ2v) is 5.54. The Morgan fingerprint density at radius 2 is 1.95 bits per heavy atom. The van der Waals surface area contributed by atoms with Gasteiger partial charge in [-0.25, -0.2) is 0 Å². The lowest BCUT2D eigenvalue weighted by atomic mass is 9.89. The van der Waals surface area contributed by atoms with Crippen molar-refractivity contribution >= 4 is 11.6 Å². The third kappa shape index (κ3) is 4.82. The highest BCUT2D eigenvalue weighted by Gasteiger charge is 2.15. The molecule has 0 aliphatic rings. The lowest BCUT2D eigenvalue weighted by Crippen LogP contribution is -2.17. The minimum absolute atomic E-state index is 0.285. The molecule has 0 aliphatic heterocycles. The minimum atomic E-state index is 0.285. The first-order valence-corrected chi connectivity index (χ1v) is 8.42. The molecule has 120 valence electrons. The first-order valence-electron chi connectivity index (χ1n) is 8.04. The van der Waals surface area contributed by atoms with E-state index in [4.69, 9.17) is 17.3 Å². The van der Waals surface area contributed by atoms with Gasteiger partial charge in [0.15, 0.2) is 0 Å². The molecule has 22 heavy (non-hydrogen) atoms. The number of nitrogens with zero attached hydrogens (tertiary/aromatic N) is 1. The smallest absolute Gasteiger partial charge is 0.0442 e. The van der Waals surface area contributed by atoms with Gasteiger partial charge in [0.25, 0.3) is 0 Å². The van der Waals surface area contributed by atoms with E-state index < -0.39 is 0 Å². The van der Waals surface area contributed by atoms with Crippen LogP contribution < -0.4 is 5.73 Å². The van der Waals surface area contributed by atoms with E-state index in [9.17, 15) is 0 Å². The summed E-state index contributed by atoms with van der Waals surface area (Å²) in [7, 11) is 0. The van der Waals surface area contributed by atoms with Gasteiger partial charge in [0, 0.05) is 22.8 Å². The number of hydrogen-bond acceptors (Lipinski definition) is 2. The summed E-state index contributed by atoms with van der Waals surface area (Å²) < 4.78 is 0. The number of halogens is 1. The molecule has 0 unspecified atom stereocenters. The molecule has 1 atom stereocenters. The molecule has 0 spiro atoms. The van der Waals surface area contributed by atoms with Crippen LogP contribution in [-0.4, -0.2) is 11.5 Å². The average molecular weight is 319 g/mol. The van der Waals surface area contributed by atoms with E-state index in [2.05, 4.69) is 31.0 Å². The minimum Gasteiger partial charge on any atom is -0.330 e. The standard InChI is InChI=1S/C17H21ClN2.C2H6/c1-3-13-5-4-8-20-17(13)10-14(11-19)16-7-6-15(18)9-12(16)2;1-2/h4-9,14H,3,10-11,19H2,1-2H3;1-2H3/t14-;/m0./s1. The summed E-state index contributed by atoms with van der Waals surface area (Å²) in [5.41, 5.74) is 10.9. The number of benzene rings is 1. The summed E-state index contributed by atoms with van der Waals surface area (Å²) in [6, 6.07) is 10.2. The van der Waals surface area contributed by atoms with Crippen LogP contribution in [0.1, 0.15) is 49.1 Å². The molecule has 0 aliphatic carbocycles. The van der Waals surface area contributed by atoms with Crippen molar-refractivity contribution in [3.8, 4) is 0 Å². The highest BCUT2D eigenvalue weighted by molar-refractivity contribution is 6.30. The van der Waals surface area contributed by atoms with Gasteiger partial charge < -0.3 is 5.73 Å². The van der Waals surface area contributed by atoms with Crippen LogP contribution in [0.2, 0.25) is 5.02 Å². The average Bonchev–Trinajstić information content (AvgIpc) is 2.55. The molecule has 0 amide bonds. The Labute approximate surface area is 139 Å². The van der Waals surface area contributed by atoms with Gasteiger partial charge in [-0.1, -0.05) is 44.5 Å². The zero-order valence-corrected chi connectivity index (χ0v) is 14.8. The van der Waals surface area contributed by atoms with Gasteiger partial charge in [0.2, 0.25) is 0 Å². The largest absolute Gasteiger partial charge is 0.330 e. The van der Waals surface area contributed by atoms with Gasteiger partial charge in [-0.15, -0.1) is 0 Å². The molecule has 2 rings (SSSR count). The Morgan fingerprint density at radius 1 is 1.23 bits per heavy atom. The Balaban J connectivity index is 0.00000116. The summed E-state index contributed by atoms with van der Waals surface area (Å²) in [5.74, 6) is 0.285. The zero-order chi connectivity index (χ0) is 16.5. The fourth-order valence-electron chi connectivity index (χ4n) is 2.63. The maximum absolute atomic E-state index is 6.03. The quantitative estimate of drug-likeness (QED) is 0.850. The molecule has 1 aromatic heterocycles. The number of pyridine rings is 1. The fraction of sp³-hybridized carbons (Fsp3) is 0.421. The van der Waals surface area contributed by atoms with Crippen LogP contribution in [0.15, 0.2) is 36.5 Å². The number of aromatic nitrogens is 1. The topological polar surface area (TPSA) is 38.9 Å². The Kier molecular flexibility index (Phi) is 8.15. The molecule has 1 aromatic carbocycles.